The van der Waals surface area contributed by atoms with Gasteiger partial charge in [-0.2, -0.15) is 0 Å². The van der Waals surface area contributed by atoms with Crippen LogP contribution in [0.25, 0.3) is 10.9 Å². The Morgan fingerprint density at radius 1 is 1.04 bits per heavy atom. The third kappa shape index (κ3) is 2.71. The van der Waals surface area contributed by atoms with Gasteiger partial charge >= 0.3 is 0 Å². The first-order valence-corrected chi connectivity index (χ1v) is 8.02. The molecule has 0 saturated carbocycles. The van der Waals surface area contributed by atoms with Gasteiger partial charge in [-0.25, -0.2) is 0 Å². The van der Waals surface area contributed by atoms with Crippen molar-refractivity contribution in [2.75, 3.05) is 5.32 Å². The van der Waals surface area contributed by atoms with Crippen LogP contribution in [0.2, 0.25) is 0 Å². The number of nitrogens with zero attached hydrogens (tertiary/aromatic N) is 1. The summed E-state index contributed by atoms with van der Waals surface area (Å²) in [5, 5.41) is 3.55. The minimum atomic E-state index is -0.609. The fourth-order valence-electron chi connectivity index (χ4n) is 2.88. The summed E-state index contributed by atoms with van der Waals surface area (Å²) in [7, 11) is 0. The summed E-state index contributed by atoms with van der Waals surface area (Å²) in [6.07, 6.45) is 1.76. The highest BCUT2D eigenvalue weighted by atomic mass is 16.2. The largest absolute Gasteiger partial charge is 0.347 e. The number of benzene rings is 2. The van der Waals surface area contributed by atoms with E-state index in [2.05, 4.69) is 5.32 Å². The number of aromatic nitrogens is 1. The average Bonchev–Trinajstić information content (AvgIpc) is 2.97. The number of carbonyl (C=O) groups is 2. The molecule has 0 bridgehead atoms. The van der Waals surface area contributed by atoms with Crippen LogP contribution in [0.15, 0.2) is 48.7 Å². The van der Waals surface area contributed by atoms with Gasteiger partial charge in [-0.05, 0) is 44.0 Å². The van der Waals surface area contributed by atoms with Crippen molar-refractivity contribution >= 4 is 28.3 Å². The Morgan fingerprint density at radius 2 is 1.79 bits per heavy atom. The van der Waals surface area contributed by atoms with E-state index in [0.29, 0.717) is 11.3 Å². The molecule has 2 aromatic carbocycles. The maximum Gasteiger partial charge on any atom is 0.296 e. The lowest BCUT2D eigenvalue weighted by Gasteiger charge is -2.09. The van der Waals surface area contributed by atoms with Crippen LogP contribution in [0.5, 0.6) is 0 Å². The van der Waals surface area contributed by atoms with Gasteiger partial charge in [0.15, 0.2) is 0 Å². The molecule has 0 unspecified atom stereocenters. The van der Waals surface area contributed by atoms with Gasteiger partial charge in [0, 0.05) is 29.3 Å². The van der Waals surface area contributed by atoms with Gasteiger partial charge in [0.05, 0.1) is 5.56 Å². The average molecular weight is 320 g/mol. The minimum Gasteiger partial charge on any atom is -0.347 e. The molecule has 1 N–H and O–H groups in total. The number of fused-ring (bicyclic) bond motifs is 1. The maximum atomic E-state index is 12.7. The summed E-state index contributed by atoms with van der Waals surface area (Å²) in [5.41, 5.74) is 4.11. The predicted molar refractivity (Wildman–Crippen MR) is 96.5 cm³/mol. The molecule has 3 rings (SSSR count). The van der Waals surface area contributed by atoms with Crippen molar-refractivity contribution in [3.8, 4) is 0 Å². The third-order valence-electron chi connectivity index (χ3n) is 4.43. The van der Waals surface area contributed by atoms with Crippen LogP contribution >= 0.6 is 0 Å². The van der Waals surface area contributed by atoms with E-state index in [4.69, 9.17) is 0 Å². The number of aryl methyl sites for hydroxylation is 2. The van der Waals surface area contributed by atoms with Crippen LogP contribution in [0, 0.1) is 13.8 Å². The lowest BCUT2D eigenvalue weighted by atomic mass is 10.1. The van der Waals surface area contributed by atoms with Gasteiger partial charge in [0.25, 0.3) is 11.7 Å². The molecular formula is C20H20N2O2. The first kappa shape index (κ1) is 16.0. The molecule has 0 radical (unpaired) electrons. The number of carbonyl (C=O) groups excluding carboxylic acids is 2. The highest BCUT2D eigenvalue weighted by molar-refractivity contribution is 6.48. The van der Waals surface area contributed by atoms with Crippen LogP contribution < -0.4 is 5.32 Å². The number of ketones is 1. The van der Waals surface area contributed by atoms with E-state index in [1.54, 1.807) is 6.20 Å². The molecule has 122 valence electrons. The quantitative estimate of drug-likeness (QED) is 0.581. The van der Waals surface area contributed by atoms with Gasteiger partial charge in [0.1, 0.15) is 0 Å². The summed E-state index contributed by atoms with van der Waals surface area (Å²) in [6.45, 7) is 6.66. The normalized spacial score (nSPS) is 10.8. The second kappa shape index (κ2) is 6.32. The van der Waals surface area contributed by atoms with Gasteiger partial charge in [-0.1, -0.05) is 30.3 Å². The number of para-hydroxylation sites is 1. The van der Waals surface area contributed by atoms with Crippen molar-refractivity contribution in [1.29, 1.82) is 0 Å². The topological polar surface area (TPSA) is 51.1 Å². The number of rotatable bonds is 4. The first-order valence-electron chi connectivity index (χ1n) is 8.02. The molecular weight excluding hydrogens is 300 g/mol. The van der Waals surface area contributed by atoms with Crippen molar-refractivity contribution in [1.82, 2.24) is 4.57 Å². The molecule has 0 aliphatic carbocycles. The van der Waals surface area contributed by atoms with E-state index in [0.717, 1.165) is 28.6 Å². The second-order valence-corrected chi connectivity index (χ2v) is 5.88. The van der Waals surface area contributed by atoms with Gasteiger partial charge in [0.2, 0.25) is 0 Å². The monoisotopic (exact) mass is 320 g/mol. The highest BCUT2D eigenvalue weighted by Gasteiger charge is 2.21. The van der Waals surface area contributed by atoms with Crippen LogP contribution in [0.3, 0.4) is 0 Å². The van der Waals surface area contributed by atoms with E-state index in [9.17, 15) is 9.59 Å². The zero-order chi connectivity index (χ0) is 17.3. The lowest BCUT2D eigenvalue weighted by molar-refractivity contribution is -0.112. The van der Waals surface area contributed by atoms with E-state index >= 15 is 0 Å². The molecule has 4 nitrogen and oxygen atoms in total. The van der Waals surface area contributed by atoms with Gasteiger partial charge in [-0.15, -0.1) is 0 Å². The highest BCUT2D eigenvalue weighted by Crippen LogP contribution is 2.23. The molecule has 0 saturated heterocycles. The van der Waals surface area contributed by atoms with Crippen molar-refractivity contribution in [2.45, 2.75) is 27.3 Å². The lowest BCUT2D eigenvalue weighted by Crippen LogP contribution is -2.23. The summed E-state index contributed by atoms with van der Waals surface area (Å²) in [6, 6.07) is 13.3. The van der Waals surface area contributed by atoms with E-state index in [-0.39, 0.29) is 0 Å². The smallest absolute Gasteiger partial charge is 0.296 e. The Balaban J connectivity index is 1.94. The van der Waals surface area contributed by atoms with Crippen molar-refractivity contribution in [2.24, 2.45) is 0 Å². The Hall–Kier alpha value is -2.88. The molecule has 0 aliphatic heterocycles. The number of anilines is 1. The molecule has 24 heavy (non-hydrogen) atoms. The van der Waals surface area contributed by atoms with Crippen LogP contribution in [-0.2, 0) is 11.3 Å². The van der Waals surface area contributed by atoms with Crippen molar-refractivity contribution in [3.05, 3.63) is 65.4 Å². The van der Waals surface area contributed by atoms with Crippen LogP contribution in [0.1, 0.15) is 28.4 Å². The Labute approximate surface area is 141 Å². The van der Waals surface area contributed by atoms with E-state index < -0.39 is 11.7 Å². The Bertz CT molecular complexity index is 938. The van der Waals surface area contributed by atoms with Crippen molar-refractivity contribution in [3.63, 3.8) is 0 Å². The summed E-state index contributed by atoms with van der Waals surface area (Å²) in [4.78, 5) is 25.1. The standard InChI is InChI=1S/C20H20N2O2/c1-4-22-12-16(15-9-5-6-11-18(15)22)19(23)20(24)21-17-10-7-8-13(2)14(17)3/h5-12H,4H2,1-3H3,(H,21,24). The number of amides is 1. The molecule has 1 aromatic heterocycles. The third-order valence-corrected chi connectivity index (χ3v) is 4.43. The van der Waals surface area contributed by atoms with Crippen LogP contribution in [-0.4, -0.2) is 16.3 Å². The van der Waals surface area contributed by atoms with Gasteiger partial charge in [-0.3, -0.25) is 9.59 Å². The van der Waals surface area contributed by atoms with E-state index in [1.165, 1.54) is 0 Å². The fourth-order valence-corrected chi connectivity index (χ4v) is 2.88. The van der Waals surface area contributed by atoms with E-state index in [1.807, 2.05) is 67.8 Å². The Morgan fingerprint density at radius 3 is 2.54 bits per heavy atom. The van der Waals surface area contributed by atoms with Gasteiger partial charge < -0.3 is 9.88 Å². The molecule has 1 heterocycles. The first-order chi connectivity index (χ1) is 11.5. The second-order valence-electron chi connectivity index (χ2n) is 5.88. The number of nitrogens with one attached hydrogen (secondary N) is 1. The number of Topliss-reactive ketones (excluding diaryl/α,β-unsaturated/α-hetero) is 1. The van der Waals surface area contributed by atoms with Crippen LogP contribution in [0.4, 0.5) is 5.69 Å². The zero-order valence-corrected chi connectivity index (χ0v) is 14.1. The summed E-state index contributed by atoms with van der Waals surface area (Å²) < 4.78 is 1.98. The van der Waals surface area contributed by atoms with Crippen molar-refractivity contribution < 1.29 is 9.59 Å². The Kier molecular flexibility index (Phi) is 4.21. The molecule has 3 aromatic rings. The molecule has 0 atom stereocenters. The summed E-state index contributed by atoms with van der Waals surface area (Å²) in [5.74, 6) is -1.12. The molecule has 0 aliphatic rings. The fraction of sp³-hybridized carbons (Fsp3) is 0.200. The molecule has 0 spiro atoms. The summed E-state index contributed by atoms with van der Waals surface area (Å²) >= 11 is 0. The molecule has 4 heteroatoms. The predicted octanol–water partition coefficient (Wildman–Crippen LogP) is 4.10. The number of hydrogen-bond acceptors (Lipinski definition) is 2. The maximum absolute atomic E-state index is 12.7. The zero-order valence-electron chi connectivity index (χ0n) is 14.1. The molecule has 0 fully saturated rings. The number of hydrogen-bond donors (Lipinski definition) is 1. The minimum absolute atomic E-state index is 0.440. The SMILES string of the molecule is CCn1cc(C(=O)C(=O)Nc2cccc(C)c2C)c2ccccc21. The molecule has 1 amide bonds.